The van der Waals surface area contributed by atoms with E-state index in [9.17, 15) is 4.79 Å². The highest BCUT2D eigenvalue weighted by Crippen LogP contribution is 2.16. The molecule has 1 unspecified atom stereocenters. The molecule has 0 aliphatic carbocycles. The molecule has 5 nitrogen and oxygen atoms in total. The topological polar surface area (TPSA) is 65.5 Å². The van der Waals surface area contributed by atoms with Crippen LogP contribution in [0.2, 0.25) is 0 Å². The van der Waals surface area contributed by atoms with Crippen LogP contribution in [0.15, 0.2) is 24.4 Å². The third kappa shape index (κ3) is 1.42. The summed E-state index contributed by atoms with van der Waals surface area (Å²) in [5.41, 5.74) is 0. The molecule has 1 saturated heterocycles. The van der Waals surface area contributed by atoms with Crippen LogP contribution in [-0.4, -0.2) is 35.3 Å². The van der Waals surface area contributed by atoms with E-state index < -0.39 is 0 Å². The van der Waals surface area contributed by atoms with Crippen molar-refractivity contribution < 1.29 is 9.90 Å². The molecule has 2 rings (SSSR count). The average Bonchev–Trinajstić information content (AvgIpc) is 2.61. The van der Waals surface area contributed by atoms with Gasteiger partial charge < -0.3 is 10.4 Å². The third-order valence-corrected chi connectivity index (χ3v) is 2.18. The zero-order valence-electron chi connectivity index (χ0n) is 7.55. The van der Waals surface area contributed by atoms with Crippen LogP contribution in [0.3, 0.4) is 0 Å². The number of anilines is 1. The highest BCUT2D eigenvalue weighted by atomic mass is 16.3. The van der Waals surface area contributed by atoms with Crippen LogP contribution in [0, 0.1) is 0 Å². The minimum atomic E-state index is -0.211. The number of aliphatic hydroxyl groups is 1. The van der Waals surface area contributed by atoms with Crippen LogP contribution >= 0.6 is 0 Å². The van der Waals surface area contributed by atoms with E-state index in [1.165, 1.54) is 4.90 Å². The van der Waals surface area contributed by atoms with Gasteiger partial charge in [-0.2, -0.15) is 0 Å². The molecule has 1 atom stereocenters. The van der Waals surface area contributed by atoms with Crippen molar-refractivity contribution in [1.29, 1.82) is 0 Å². The smallest absolute Gasteiger partial charge is 0.323 e. The molecule has 1 aromatic heterocycles. The first-order chi connectivity index (χ1) is 6.83. The summed E-state index contributed by atoms with van der Waals surface area (Å²) in [5, 5.41) is 11.7. The van der Waals surface area contributed by atoms with Gasteiger partial charge in [-0.05, 0) is 12.1 Å². The summed E-state index contributed by atoms with van der Waals surface area (Å²) in [6.45, 7) is 0.404. The molecule has 1 aromatic rings. The van der Waals surface area contributed by atoms with E-state index in [4.69, 9.17) is 5.11 Å². The number of carbonyl (C=O) groups is 1. The molecule has 0 bridgehead atoms. The molecule has 0 saturated carbocycles. The molecule has 5 heteroatoms. The van der Waals surface area contributed by atoms with E-state index in [-0.39, 0.29) is 18.7 Å². The number of aromatic nitrogens is 1. The minimum Gasteiger partial charge on any atom is -0.394 e. The van der Waals surface area contributed by atoms with Crippen molar-refractivity contribution in [3.05, 3.63) is 24.4 Å². The minimum absolute atomic E-state index is 0.0602. The van der Waals surface area contributed by atoms with E-state index >= 15 is 0 Å². The Hall–Kier alpha value is -1.62. The zero-order valence-corrected chi connectivity index (χ0v) is 7.55. The van der Waals surface area contributed by atoms with Crippen molar-refractivity contribution in [2.75, 3.05) is 18.1 Å². The number of nitrogens with zero attached hydrogens (tertiary/aromatic N) is 2. The lowest BCUT2D eigenvalue weighted by Gasteiger charge is -2.19. The lowest BCUT2D eigenvalue weighted by atomic mass is 10.3. The van der Waals surface area contributed by atoms with Crippen molar-refractivity contribution in [2.45, 2.75) is 6.04 Å². The lowest BCUT2D eigenvalue weighted by molar-refractivity contribution is 0.247. The van der Waals surface area contributed by atoms with Crippen LogP contribution in [0.1, 0.15) is 0 Å². The van der Waals surface area contributed by atoms with Gasteiger partial charge in [-0.3, -0.25) is 4.90 Å². The van der Waals surface area contributed by atoms with Gasteiger partial charge in [0.2, 0.25) is 0 Å². The molecule has 0 spiro atoms. The maximum Gasteiger partial charge on any atom is 0.323 e. The summed E-state index contributed by atoms with van der Waals surface area (Å²) in [5.74, 6) is 0.571. The number of rotatable bonds is 2. The lowest BCUT2D eigenvalue weighted by Crippen LogP contribution is -2.36. The van der Waals surface area contributed by atoms with Crippen LogP contribution in [0.4, 0.5) is 10.6 Å². The second-order valence-electron chi connectivity index (χ2n) is 3.08. The summed E-state index contributed by atoms with van der Waals surface area (Å²) < 4.78 is 0. The van der Waals surface area contributed by atoms with Crippen LogP contribution in [0.25, 0.3) is 0 Å². The molecule has 0 aromatic carbocycles. The normalized spacial score (nSPS) is 21.1. The number of aliphatic hydroxyl groups excluding tert-OH is 1. The maximum absolute atomic E-state index is 11.4. The van der Waals surface area contributed by atoms with Gasteiger partial charge in [0.25, 0.3) is 0 Å². The Bertz CT molecular complexity index is 328. The number of hydrogen-bond acceptors (Lipinski definition) is 3. The molecular weight excluding hydrogens is 182 g/mol. The second-order valence-corrected chi connectivity index (χ2v) is 3.08. The molecule has 0 radical (unpaired) electrons. The Morgan fingerprint density at radius 3 is 3.14 bits per heavy atom. The Kier molecular flexibility index (Phi) is 2.32. The Morgan fingerprint density at radius 1 is 1.64 bits per heavy atom. The fraction of sp³-hybridized carbons (Fsp3) is 0.333. The van der Waals surface area contributed by atoms with Gasteiger partial charge in [0, 0.05) is 12.7 Å². The first-order valence-electron chi connectivity index (χ1n) is 4.42. The molecule has 1 aliphatic rings. The predicted molar refractivity (Wildman–Crippen MR) is 51.0 cm³/mol. The maximum atomic E-state index is 11.4. The van der Waals surface area contributed by atoms with Crippen molar-refractivity contribution in [3.63, 3.8) is 0 Å². The van der Waals surface area contributed by atoms with Gasteiger partial charge >= 0.3 is 6.03 Å². The van der Waals surface area contributed by atoms with Crippen molar-refractivity contribution in [1.82, 2.24) is 10.3 Å². The van der Waals surface area contributed by atoms with Gasteiger partial charge in [0.05, 0.1) is 12.6 Å². The number of amides is 2. The van der Waals surface area contributed by atoms with Crippen LogP contribution in [0.5, 0.6) is 0 Å². The van der Waals surface area contributed by atoms with Gasteiger partial charge in [0.1, 0.15) is 5.82 Å². The van der Waals surface area contributed by atoms with E-state index in [2.05, 4.69) is 10.3 Å². The Balaban J connectivity index is 2.28. The highest BCUT2D eigenvalue weighted by Gasteiger charge is 2.31. The third-order valence-electron chi connectivity index (χ3n) is 2.18. The van der Waals surface area contributed by atoms with Gasteiger partial charge in [-0.1, -0.05) is 6.07 Å². The monoisotopic (exact) mass is 193 g/mol. The quantitative estimate of drug-likeness (QED) is 0.693. The molecule has 74 valence electrons. The largest absolute Gasteiger partial charge is 0.394 e. The van der Waals surface area contributed by atoms with Crippen molar-refractivity contribution >= 4 is 11.8 Å². The Morgan fingerprint density at radius 2 is 2.50 bits per heavy atom. The zero-order chi connectivity index (χ0) is 9.97. The van der Waals surface area contributed by atoms with Crippen LogP contribution in [-0.2, 0) is 0 Å². The fourth-order valence-electron chi connectivity index (χ4n) is 1.48. The SMILES string of the molecule is O=C1NCC(CO)N1c1ccccn1. The van der Waals surface area contributed by atoms with E-state index in [0.717, 1.165) is 0 Å². The highest BCUT2D eigenvalue weighted by molar-refractivity contribution is 5.93. The van der Waals surface area contributed by atoms with Crippen molar-refractivity contribution in [2.24, 2.45) is 0 Å². The van der Waals surface area contributed by atoms with Crippen LogP contribution < -0.4 is 10.2 Å². The van der Waals surface area contributed by atoms with E-state index in [1.807, 2.05) is 6.07 Å². The number of hydrogen-bond donors (Lipinski definition) is 2. The van der Waals surface area contributed by atoms with Gasteiger partial charge in [0.15, 0.2) is 0 Å². The molecule has 1 fully saturated rings. The van der Waals surface area contributed by atoms with E-state index in [1.54, 1.807) is 18.3 Å². The van der Waals surface area contributed by atoms with Gasteiger partial charge in [-0.15, -0.1) is 0 Å². The summed E-state index contributed by atoms with van der Waals surface area (Å²) in [4.78, 5) is 16.9. The van der Waals surface area contributed by atoms with E-state index in [0.29, 0.717) is 12.4 Å². The molecular formula is C9H11N3O2. The summed E-state index contributed by atoms with van der Waals surface area (Å²) in [6.07, 6.45) is 1.62. The predicted octanol–water partition coefficient (Wildman–Crippen LogP) is -0.0279. The first kappa shape index (κ1) is 8.96. The number of nitrogens with one attached hydrogen (secondary N) is 1. The summed E-state index contributed by atoms with van der Waals surface area (Å²) in [6, 6.07) is 4.92. The molecule has 1 aliphatic heterocycles. The molecule has 2 heterocycles. The van der Waals surface area contributed by atoms with Gasteiger partial charge in [-0.25, -0.2) is 9.78 Å². The van der Waals surface area contributed by atoms with Crippen molar-refractivity contribution in [3.8, 4) is 0 Å². The fourth-order valence-corrected chi connectivity index (χ4v) is 1.48. The standard InChI is InChI=1S/C9H11N3O2/c13-6-7-5-11-9(14)12(7)8-3-1-2-4-10-8/h1-4,7,13H,5-6H2,(H,11,14). The molecule has 14 heavy (non-hydrogen) atoms. The second kappa shape index (κ2) is 3.63. The Labute approximate surface area is 81.4 Å². The molecule has 2 amide bonds. The number of carbonyl (C=O) groups excluding carboxylic acids is 1. The first-order valence-corrected chi connectivity index (χ1v) is 4.42. The molecule has 2 N–H and O–H groups in total. The summed E-state index contributed by atoms with van der Waals surface area (Å²) in [7, 11) is 0. The summed E-state index contributed by atoms with van der Waals surface area (Å²) >= 11 is 0. The number of pyridine rings is 1. The number of urea groups is 1. The average molecular weight is 193 g/mol.